The fraction of sp³-hybridized carbons (Fsp3) is 0.933. The number of aliphatic hydroxyl groups is 2. The second kappa shape index (κ2) is 9.32. The number of carbonyl (C=O) groups excluding carboxylic acids is 1. The molecular formula is C15H28O5. The minimum Gasteiger partial charge on any atom is -0.465 e. The fourth-order valence-electron chi connectivity index (χ4n) is 2.20. The van der Waals surface area contributed by atoms with Gasteiger partial charge >= 0.3 is 5.97 Å². The maximum atomic E-state index is 11.6. The largest absolute Gasteiger partial charge is 0.465 e. The highest BCUT2D eigenvalue weighted by molar-refractivity contribution is 5.69. The SMILES string of the molecule is CCCC(CC)CCC(=O)OCCC(O)OC1CC1O. The molecule has 0 saturated heterocycles. The zero-order valence-corrected chi connectivity index (χ0v) is 12.6. The first kappa shape index (κ1) is 17.4. The van der Waals surface area contributed by atoms with E-state index in [4.69, 9.17) is 14.6 Å². The zero-order valence-electron chi connectivity index (χ0n) is 12.6. The van der Waals surface area contributed by atoms with Crippen molar-refractivity contribution in [1.29, 1.82) is 0 Å². The normalized spacial score (nSPS) is 24.2. The first-order valence-corrected chi connectivity index (χ1v) is 7.74. The summed E-state index contributed by atoms with van der Waals surface area (Å²) in [6.45, 7) is 4.46. The Labute approximate surface area is 121 Å². The molecule has 5 nitrogen and oxygen atoms in total. The summed E-state index contributed by atoms with van der Waals surface area (Å²) in [6, 6.07) is 0. The van der Waals surface area contributed by atoms with E-state index in [0.717, 1.165) is 25.7 Å². The molecule has 0 radical (unpaired) electrons. The van der Waals surface area contributed by atoms with Crippen LogP contribution in [0, 0.1) is 5.92 Å². The van der Waals surface area contributed by atoms with Crippen LogP contribution in [0.4, 0.5) is 0 Å². The molecule has 0 aromatic carbocycles. The van der Waals surface area contributed by atoms with Gasteiger partial charge in [-0.2, -0.15) is 0 Å². The molecule has 2 N–H and O–H groups in total. The van der Waals surface area contributed by atoms with E-state index in [-0.39, 0.29) is 25.1 Å². The average molecular weight is 288 g/mol. The second-order valence-electron chi connectivity index (χ2n) is 5.54. The molecule has 20 heavy (non-hydrogen) atoms. The van der Waals surface area contributed by atoms with Gasteiger partial charge in [0.25, 0.3) is 0 Å². The van der Waals surface area contributed by atoms with Gasteiger partial charge in [0.2, 0.25) is 0 Å². The van der Waals surface area contributed by atoms with Crippen LogP contribution in [0.5, 0.6) is 0 Å². The lowest BCUT2D eigenvalue weighted by atomic mass is 9.95. The predicted molar refractivity (Wildman–Crippen MR) is 75.0 cm³/mol. The Balaban J connectivity index is 2.01. The summed E-state index contributed by atoms with van der Waals surface area (Å²) in [5, 5.41) is 18.5. The molecule has 1 saturated carbocycles. The molecule has 0 amide bonds. The highest BCUT2D eigenvalue weighted by Gasteiger charge is 2.38. The maximum absolute atomic E-state index is 11.6. The Kier molecular flexibility index (Phi) is 8.11. The highest BCUT2D eigenvalue weighted by atomic mass is 16.6. The Hall–Kier alpha value is -0.650. The summed E-state index contributed by atoms with van der Waals surface area (Å²) in [5.74, 6) is 0.385. The molecule has 118 valence electrons. The van der Waals surface area contributed by atoms with Crippen molar-refractivity contribution in [3.05, 3.63) is 0 Å². The molecule has 1 rings (SSSR count). The lowest BCUT2D eigenvalue weighted by molar-refractivity contribution is -0.151. The van der Waals surface area contributed by atoms with Crippen molar-refractivity contribution in [2.45, 2.75) is 77.3 Å². The van der Waals surface area contributed by atoms with Crippen molar-refractivity contribution in [2.75, 3.05) is 6.61 Å². The molecule has 0 spiro atoms. The van der Waals surface area contributed by atoms with Crippen LogP contribution in [0.1, 0.15) is 58.8 Å². The second-order valence-corrected chi connectivity index (χ2v) is 5.54. The summed E-state index contributed by atoms with van der Waals surface area (Å²) < 4.78 is 10.2. The van der Waals surface area contributed by atoms with Crippen LogP contribution in [-0.2, 0) is 14.3 Å². The first-order valence-electron chi connectivity index (χ1n) is 7.74. The summed E-state index contributed by atoms with van der Waals surface area (Å²) in [4.78, 5) is 11.6. The molecule has 4 atom stereocenters. The summed E-state index contributed by atoms with van der Waals surface area (Å²) in [5.41, 5.74) is 0. The van der Waals surface area contributed by atoms with Crippen LogP contribution in [-0.4, -0.2) is 41.3 Å². The van der Waals surface area contributed by atoms with Crippen molar-refractivity contribution in [3.8, 4) is 0 Å². The van der Waals surface area contributed by atoms with Crippen molar-refractivity contribution < 1.29 is 24.5 Å². The molecule has 5 heteroatoms. The number of hydrogen-bond donors (Lipinski definition) is 2. The average Bonchev–Trinajstić information content (AvgIpc) is 3.09. The van der Waals surface area contributed by atoms with Gasteiger partial charge in [0.15, 0.2) is 6.29 Å². The predicted octanol–water partition coefficient (Wildman–Crippen LogP) is 1.99. The van der Waals surface area contributed by atoms with E-state index in [9.17, 15) is 9.90 Å². The van der Waals surface area contributed by atoms with Gasteiger partial charge in [0.1, 0.15) is 0 Å². The third-order valence-electron chi connectivity index (χ3n) is 3.69. The van der Waals surface area contributed by atoms with Gasteiger partial charge in [-0.05, 0) is 12.3 Å². The van der Waals surface area contributed by atoms with Crippen LogP contribution < -0.4 is 0 Å². The van der Waals surface area contributed by atoms with Crippen LogP contribution in [0.3, 0.4) is 0 Å². The van der Waals surface area contributed by atoms with E-state index in [1.807, 2.05) is 0 Å². The number of rotatable bonds is 11. The fourth-order valence-corrected chi connectivity index (χ4v) is 2.20. The molecular weight excluding hydrogens is 260 g/mol. The molecule has 1 aliphatic rings. The van der Waals surface area contributed by atoms with E-state index in [0.29, 0.717) is 18.8 Å². The quantitative estimate of drug-likeness (QED) is 0.449. The number of ether oxygens (including phenoxy) is 2. The first-order chi connectivity index (χ1) is 9.56. The standard InChI is InChI=1S/C15H28O5/c1-3-5-11(4-2)6-7-14(17)19-9-8-15(18)20-13-10-12(13)16/h11-13,15-16,18H,3-10H2,1-2H3. The number of carbonyl (C=O) groups is 1. The molecule has 0 heterocycles. The van der Waals surface area contributed by atoms with Gasteiger partial charge in [0, 0.05) is 19.3 Å². The smallest absolute Gasteiger partial charge is 0.305 e. The highest BCUT2D eigenvalue weighted by Crippen LogP contribution is 2.26. The lowest BCUT2D eigenvalue weighted by Gasteiger charge is -2.14. The number of hydrogen-bond acceptors (Lipinski definition) is 5. The van der Waals surface area contributed by atoms with Crippen molar-refractivity contribution in [1.82, 2.24) is 0 Å². The molecule has 1 fully saturated rings. The summed E-state index contributed by atoms with van der Waals surface area (Å²) >= 11 is 0. The Bertz CT molecular complexity index is 281. The van der Waals surface area contributed by atoms with E-state index < -0.39 is 12.4 Å². The van der Waals surface area contributed by atoms with Gasteiger partial charge in [-0.25, -0.2) is 0 Å². The number of esters is 1. The minimum atomic E-state index is -0.964. The van der Waals surface area contributed by atoms with Crippen LogP contribution in [0.15, 0.2) is 0 Å². The Morgan fingerprint density at radius 1 is 1.30 bits per heavy atom. The third kappa shape index (κ3) is 7.22. The van der Waals surface area contributed by atoms with E-state index in [1.165, 1.54) is 0 Å². The van der Waals surface area contributed by atoms with Gasteiger partial charge in [-0.1, -0.05) is 33.1 Å². The number of aliphatic hydroxyl groups excluding tert-OH is 2. The van der Waals surface area contributed by atoms with Gasteiger partial charge in [0.05, 0.1) is 18.8 Å². The molecule has 0 aromatic rings. The van der Waals surface area contributed by atoms with E-state index in [2.05, 4.69) is 13.8 Å². The Morgan fingerprint density at radius 3 is 2.55 bits per heavy atom. The molecule has 0 aromatic heterocycles. The van der Waals surface area contributed by atoms with Gasteiger partial charge < -0.3 is 19.7 Å². The monoisotopic (exact) mass is 288 g/mol. The lowest BCUT2D eigenvalue weighted by Crippen LogP contribution is -2.19. The van der Waals surface area contributed by atoms with Crippen molar-refractivity contribution in [2.24, 2.45) is 5.92 Å². The van der Waals surface area contributed by atoms with E-state index >= 15 is 0 Å². The Morgan fingerprint density at radius 2 is 2.00 bits per heavy atom. The molecule has 4 unspecified atom stereocenters. The van der Waals surface area contributed by atoms with E-state index in [1.54, 1.807) is 0 Å². The van der Waals surface area contributed by atoms with Gasteiger partial charge in [-0.15, -0.1) is 0 Å². The summed E-state index contributed by atoms with van der Waals surface area (Å²) in [7, 11) is 0. The molecule has 0 aliphatic heterocycles. The zero-order chi connectivity index (χ0) is 15.0. The van der Waals surface area contributed by atoms with Gasteiger partial charge in [-0.3, -0.25) is 4.79 Å². The van der Waals surface area contributed by atoms with Crippen LogP contribution in [0.25, 0.3) is 0 Å². The summed E-state index contributed by atoms with van der Waals surface area (Å²) in [6.07, 6.45) is 3.87. The van der Waals surface area contributed by atoms with Crippen LogP contribution >= 0.6 is 0 Å². The van der Waals surface area contributed by atoms with Crippen molar-refractivity contribution in [3.63, 3.8) is 0 Å². The third-order valence-corrected chi connectivity index (χ3v) is 3.69. The maximum Gasteiger partial charge on any atom is 0.305 e. The van der Waals surface area contributed by atoms with Crippen LogP contribution in [0.2, 0.25) is 0 Å². The topological polar surface area (TPSA) is 76.0 Å². The molecule has 0 bridgehead atoms. The minimum absolute atomic E-state index is 0.160. The molecule has 1 aliphatic carbocycles. The van der Waals surface area contributed by atoms with Crippen molar-refractivity contribution >= 4 is 5.97 Å².